The van der Waals surface area contributed by atoms with Gasteiger partial charge < -0.3 is 20.1 Å². The fourth-order valence-corrected chi connectivity index (χ4v) is 2.36. The average Bonchev–Trinajstić information content (AvgIpc) is 2.65. The van der Waals surface area contributed by atoms with E-state index in [4.69, 9.17) is 9.47 Å². The smallest absolute Gasteiger partial charge is 0.269 e. The van der Waals surface area contributed by atoms with E-state index in [1.807, 2.05) is 12.1 Å². The molecule has 0 spiro atoms. The molecule has 2 N–H and O–H groups in total. The van der Waals surface area contributed by atoms with Crippen molar-refractivity contribution in [3.05, 3.63) is 58.6 Å². The van der Waals surface area contributed by atoms with Gasteiger partial charge in [0.25, 0.3) is 11.6 Å². The normalized spacial score (nSPS) is 15.3. The minimum atomic E-state index is -0.686. The summed E-state index contributed by atoms with van der Waals surface area (Å²) in [5, 5.41) is 16.4. The Kier molecular flexibility index (Phi) is 4.98. The Balaban J connectivity index is 1.42. The second-order valence-corrected chi connectivity index (χ2v) is 5.39. The van der Waals surface area contributed by atoms with Gasteiger partial charge in [0.2, 0.25) is 6.10 Å². The third-order valence-corrected chi connectivity index (χ3v) is 3.63. The van der Waals surface area contributed by atoms with Crippen LogP contribution in [0.15, 0.2) is 48.5 Å². The average molecular weight is 343 g/mol. The Morgan fingerprint density at radius 2 is 1.84 bits per heavy atom. The van der Waals surface area contributed by atoms with Crippen molar-refractivity contribution in [2.75, 3.05) is 25.0 Å². The predicted octanol–water partition coefficient (Wildman–Crippen LogP) is 1.96. The van der Waals surface area contributed by atoms with Gasteiger partial charge in [0.1, 0.15) is 6.61 Å². The van der Waals surface area contributed by atoms with Crippen LogP contribution in [0.2, 0.25) is 0 Å². The van der Waals surface area contributed by atoms with Crippen LogP contribution >= 0.6 is 0 Å². The Hall–Kier alpha value is -3.29. The van der Waals surface area contributed by atoms with Crippen LogP contribution in [0, 0.1) is 10.1 Å². The molecule has 0 fully saturated rings. The molecule has 1 unspecified atom stereocenters. The second-order valence-electron chi connectivity index (χ2n) is 5.39. The quantitative estimate of drug-likeness (QED) is 0.472. The molecule has 1 heterocycles. The zero-order chi connectivity index (χ0) is 17.6. The van der Waals surface area contributed by atoms with E-state index in [0.717, 1.165) is 5.69 Å². The molecule has 0 radical (unpaired) electrons. The lowest BCUT2D eigenvalue weighted by Crippen LogP contribution is -2.45. The molecule has 0 saturated heterocycles. The highest BCUT2D eigenvalue weighted by atomic mass is 16.6. The first kappa shape index (κ1) is 16.6. The number of carbonyl (C=O) groups is 1. The fraction of sp³-hybridized carbons (Fsp3) is 0.235. The number of carbonyl (C=O) groups excluding carboxylic acids is 1. The molecular formula is C17H17N3O5. The van der Waals surface area contributed by atoms with Gasteiger partial charge >= 0.3 is 0 Å². The first-order chi connectivity index (χ1) is 12.1. The minimum absolute atomic E-state index is 0.0357. The molecule has 1 aliphatic rings. The number of nitro benzene ring substituents is 1. The number of non-ortho nitro benzene ring substituents is 1. The molecule has 1 aliphatic heterocycles. The van der Waals surface area contributed by atoms with Gasteiger partial charge in [0, 0.05) is 30.9 Å². The number of amides is 1. The summed E-state index contributed by atoms with van der Waals surface area (Å²) in [5.74, 6) is 0.935. The van der Waals surface area contributed by atoms with Crippen LogP contribution in [-0.4, -0.2) is 36.6 Å². The topological polar surface area (TPSA) is 103 Å². The molecule has 1 atom stereocenters. The zero-order valence-electron chi connectivity index (χ0n) is 13.3. The Morgan fingerprint density at radius 1 is 1.12 bits per heavy atom. The van der Waals surface area contributed by atoms with Crippen molar-refractivity contribution >= 4 is 17.3 Å². The summed E-state index contributed by atoms with van der Waals surface area (Å²) in [5.41, 5.74) is 0.777. The maximum Gasteiger partial charge on any atom is 0.269 e. The Bertz CT molecular complexity index is 763. The molecule has 2 aromatic rings. The lowest BCUT2D eigenvalue weighted by atomic mass is 10.2. The predicted molar refractivity (Wildman–Crippen MR) is 90.9 cm³/mol. The van der Waals surface area contributed by atoms with Crippen molar-refractivity contribution in [2.24, 2.45) is 0 Å². The van der Waals surface area contributed by atoms with Crippen molar-refractivity contribution in [3.63, 3.8) is 0 Å². The minimum Gasteiger partial charge on any atom is -0.485 e. The summed E-state index contributed by atoms with van der Waals surface area (Å²) in [4.78, 5) is 22.3. The molecule has 0 bridgehead atoms. The van der Waals surface area contributed by atoms with Crippen LogP contribution in [-0.2, 0) is 4.79 Å². The molecule has 0 aromatic heterocycles. The molecule has 130 valence electrons. The maximum atomic E-state index is 12.1. The van der Waals surface area contributed by atoms with Crippen LogP contribution in [0.5, 0.6) is 11.5 Å². The van der Waals surface area contributed by atoms with Crippen molar-refractivity contribution < 1.29 is 19.2 Å². The maximum absolute atomic E-state index is 12.1. The lowest BCUT2D eigenvalue weighted by Gasteiger charge is -2.25. The van der Waals surface area contributed by atoms with Crippen molar-refractivity contribution in [3.8, 4) is 11.5 Å². The fourth-order valence-electron chi connectivity index (χ4n) is 2.36. The summed E-state index contributed by atoms with van der Waals surface area (Å²) in [6.45, 7) is 1.03. The largest absolute Gasteiger partial charge is 0.485 e. The van der Waals surface area contributed by atoms with E-state index < -0.39 is 11.0 Å². The van der Waals surface area contributed by atoms with E-state index in [9.17, 15) is 14.9 Å². The highest BCUT2D eigenvalue weighted by Crippen LogP contribution is 2.30. The van der Waals surface area contributed by atoms with Crippen molar-refractivity contribution in [1.82, 2.24) is 5.32 Å². The third-order valence-electron chi connectivity index (χ3n) is 3.63. The number of nitrogens with zero attached hydrogens (tertiary/aromatic N) is 1. The number of fused-ring (bicyclic) bond motifs is 1. The lowest BCUT2D eigenvalue weighted by molar-refractivity contribution is -0.384. The summed E-state index contributed by atoms with van der Waals surface area (Å²) >= 11 is 0. The van der Waals surface area contributed by atoms with Crippen LogP contribution in [0.25, 0.3) is 0 Å². The SMILES string of the molecule is O=C(NCCNc1ccc([N+](=O)[O-])cc1)C1COc2ccccc2O1. The van der Waals surface area contributed by atoms with Gasteiger partial charge in [-0.15, -0.1) is 0 Å². The number of para-hydroxylation sites is 2. The number of hydrogen-bond acceptors (Lipinski definition) is 6. The highest BCUT2D eigenvalue weighted by Gasteiger charge is 2.26. The van der Waals surface area contributed by atoms with Crippen LogP contribution < -0.4 is 20.1 Å². The van der Waals surface area contributed by atoms with E-state index in [1.165, 1.54) is 12.1 Å². The van der Waals surface area contributed by atoms with Crippen LogP contribution in [0.3, 0.4) is 0 Å². The number of ether oxygens (including phenoxy) is 2. The van der Waals surface area contributed by atoms with Gasteiger partial charge in [-0.05, 0) is 24.3 Å². The number of rotatable bonds is 6. The molecular weight excluding hydrogens is 326 g/mol. The molecule has 1 amide bonds. The Morgan fingerprint density at radius 3 is 2.56 bits per heavy atom. The molecule has 0 aliphatic carbocycles. The van der Waals surface area contributed by atoms with Gasteiger partial charge in [0.15, 0.2) is 11.5 Å². The van der Waals surface area contributed by atoms with Gasteiger partial charge in [-0.3, -0.25) is 14.9 Å². The van der Waals surface area contributed by atoms with Crippen molar-refractivity contribution in [2.45, 2.75) is 6.10 Å². The van der Waals surface area contributed by atoms with Gasteiger partial charge in [-0.2, -0.15) is 0 Å². The molecule has 8 nitrogen and oxygen atoms in total. The van der Waals surface area contributed by atoms with E-state index in [1.54, 1.807) is 24.3 Å². The number of anilines is 1. The summed E-state index contributed by atoms with van der Waals surface area (Å²) in [7, 11) is 0. The van der Waals surface area contributed by atoms with E-state index in [-0.39, 0.29) is 18.2 Å². The van der Waals surface area contributed by atoms with Crippen LogP contribution in [0.4, 0.5) is 11.4 Å². The van der Waals surface area contributed by atoms with Gasteiger partial charge in [-0.25, -0.2) is 0 Å². The summed E-state index contributed by atoms with van der Waals surface area (Å²) in [6, 6.07) is 13.3. The molecule has 0 saturated carbocycles. The number of hydrogen-bond donors (Lipinski definition) is 2. The summed E-state index contributed by atoms with van der Waals surface area (Å²) in [6.07, 6.45) is -0.686. The van der Waals surface area contributed by atoms with Crippen molar-refractivity contribution in [1.29, 1.82) is 0 Å². The third kappa shape index (κ3) is 4.17. The first-order valence-corrected chi connectivity index (χ1v) is 7.78. The van der Waals surface area contributed by atoms with Gasteiger partial charge in [0.05, 0.1) is 4.92 Å². The zero-order valence-corrected chi connectivity index (χ0v) is 13.3. The van der Waals surface area contributed by atoms with E-state index >= 15 is 0 Å². The number of nitro groups is 1. The summed E-state index contributed by atoms with van der Waals surface area (Å²) < 4.78 is 11.1. The second kappa shape index (κ2) is 7.52. The van der Waals surface area contributed by atoms with E-state index in [2.05, 4.69) is 10.6 Å². The Labute approximate surface area is 143 Å². The number of benzene rings is 2. The molecule has 2 aromatic carbocycles. The molecule has 8 heteroatoms. The first-order valence-electron chi connectivity index (χ1n) is 7.78. The monoisotopic (exact) mass is 343 g/mol. The standard InChI is InChI=1S/C17H17N3O5/c21-17(16-11-24-14-3-1-2-4-15(14)25-16)19-10-9-18-12-5-7-13(8-6-12)20(22)23/h1-8,16,18H,9-11H2,(H,19,21). The van der Waals surface area contributed by atoms with Crippen LogP contribution in [0.1, 0.15) is 0 Å². The van der Waals surface area contributed by atoms with Gasteiger partial charge in [-0.1, -0.05) is 12.1 Å². The number of nitrogens with one attached hydrogen (secondary N) is 2. The molecule has 25 heavy (non-hydrogen) atoms. The highest BCUT2D eigenvalue weighted by molar-refractivity contribution is 5.81. The molecule has 3 rings (SSSR count). The van der Waals surface area contributed by atoms with E-state index in [0.29, 0.717) is 24.6 Å².